The summed E-state index contributed by atoms with van der Waals surface area (Å²) in [7, 11) is -2.83. The van der Waals surface area contributed by atoms with Crippen LogP contribution in [0.5, 0.6) is 0 Å². The zero-order valence-corrected chi connectivity index (χ0v) is 16.8. The van der Waals surface area contributed by atoms with E-state index in [1.807, 2.05) is 0 Å². The van der Waals surface area contributed by atoms with Crippen LogP contribution in [0.1, 0.15) is 12.6 Å². The largest absolute Gasteiger partial charge is 0.525 e. The molecule has 0 saturated carbocycles. The summed E-state index contributed by atoms with van der Waals surface area (Å²) in [5.41, 5.74) is 4.56. The molecule has 0 spiro atoms. The minimum atomic E-state index is -5.27. The highest BCUT2D eigenvalue weighted by molar-refractivity contribution is 7.51. The first-order chi connectivity index (χ1) is 14.4. The number of halogens is 3. The van der Waals surface area contributed by atoms with Crippen molar-refractivity contribution in [2.45, 2.75) is 31.0 Å². The SMILES string of the molecule is C[n+]1ccn(P(=O)(O)OCC2OC(n3ccc(N)nc3=O)CC2OC(=O)C(F)(F)F)c1. The molecule has 0 bridgehead atoms. The van der Waals surface area contributed by atoms with E-state index in [4.69, 9.17) is 15.0 Å². The van der Waals surface area contributed by atoms with Gasteiger partial charge < -0.3 is 15.2 Å². The fourth-order valence-electron chi connectivity index (χ4n) is 2.82. The van der Waals surface area contributed by atoms with Gasteiger partial charge in [0.1, 0.15) is 36.6 Å². The molecule has 12 nitrogen and oxygen atoms in total. The summed E-state index contributed by atoms with van der Waals surface area (Å²) in [5, 5.41) is 0. The average molecular weight is 468 g/mol. The Bertz CT molecular complexity index is 1070. The number of imidazole rings is 1. The molecule has 3 N–H and O–H groups in total. The Labute approximate surface area is 172 Å². The lowest BCUT2D eigenvalue weighted by Gasteiger charge is -2.19. The zero-order valence-electron chi connectivity index (χ0n) is 15.9. The van der Waals surface area contributed by atoms with Crippen LogP contribution in [0, 0.1) is 0 Å². The Kier molecular flexibility index (Phi) is 6.23. The molecule has 0 aliphatic carbocycles. The van der Waals surface area contributed by atoms with Crippen molar-refractivity contribution in [3.63, 3.8) is 0 Å². The van der Waals surface area contributed by atoms with Crippen LogP contribution in [-0.4, -0.2) is 49.7 Å². The molecule has 2 aromatic rings. The fraction of sp³-hybridized carbons (Fsp3) is 0.467. The predicted octanol–water partition coefficient (Wildman–Crippen LogP) is -0.122. The molecule has 0 amide bonds. The summed E-state index contributed by atoms with van der Waals surface area (Å²) in [6.07, 6.45) is -4.55. The molecule has 0 radical (unpaired) electrons. The van der Waals surface area contributed by atoms with E-state index in [1.54, 1.807) is 7.05 Å². The number of nitrogens with zero attached hydrogens (tertiary/aromatic N) is 4. The number of alkyl halides is 3. The van der Waals surface area contributed by atoms with Crippen LogP contribution in [0.4, 0.5) is 19.0 Å². The smallest absolute Gasteiger partial charge is 0.453 e. The van der Waals surface area contributed by atoms with Crippen LogP contribution in [-0.2, 0) is 30.4 Å². The van der Waals surface area contributed by atoms with Gasteiger partial charge in [0.2, 0.25) is 0 Å². The molecule has 2 aromatic heterocycles. The lowest BCUT2D eigenvalue weighted by molar-refractivity contribution is -0.670. The molecular weight excluding hydrogens is 450 g/mol. The van der Waals surface area contributed by atoms with Crippen molar-refractivity contribution in [3.05, 3.63) is 41.5 Å². The van der Waals surface area contributed by atoms with Gasteiger partial charge in [0.05, 0.1) is 13.7 Å². The van der Waals surface area contributed by atoms with E-state index in [9.17, 15) is 32.2 Å². The van der Waals surface area contributed by atoms with Crippen LogP contribution < -0.4 is 16.0 Å². The van der Waals surface area contributed by atoms with Gasteiger partial charge >= 0.3 is 25.6 Å². The van der Waals surface area contributed by atoms with Crippen LogP contribution in [0.3, 0.4) is 0 Å². The molecule has 16 heteroatoms. The maximum atomic E-state index is 12.6. The second kappa shape index (κ2) is 8.42. The summed E-state index contributed by atoms with van der Waals surface area (Å²) in [6.45, 7) is -0.709. The summed E-state index contributed by atoms with van der Waals surface area (Å²) in [5.74, 6) is -2.56. The van der Waals surface area contributed by atoms with E-state index in [2.05, 4.69) is 9.72 Å². The van der Waals surface area contributed by atoms with Crippen LogP contribution in [0.2, 0.25) is 0 Å². The minimum absolute atomic E-state index is 0.0831. The summed E-state index contributed by atoms with van der Waals surface area (Å²) in [4.78, 5) is 36.9. The summed E-state index contributed by atoms with van der Waals surface area (Å²) in [6, 6.07) is 1.26. The molecule has 1 aliphatic heterocycles. The number of aryl methyl sites for hydroxylation is 1. The minimum Gasteiger partial charge on any atom is -0.453 e. The molecule has 3 heterocycles. The Hall–Kier alpha value is -2.74. The molecule has 1 saturated heterocycles. The number of anilines is 1. The molecular formula is C15H18F3N5O7P+. The Balaban J connectivity index is 1.79. The van der Waals surface area contributed by atoms with E-state index < -0.39 is 50.6 Å². The molecule has 1 fully saturated rings. The highest BCUT2D eigenvalue weighted by Crippen LogP contribution is 2.44. The number of carbonyl (C=O) groups excluding carboxylic acids is 1. The summed E-state index contributed by atoms with van der Waals surface area (Å²) >= 11 is 0. The molecule has 3 rings (SSSR count). The van der Waals surface area contributed by atoms with Crippen molar-refractivity contribution >= 4 is 19.5 Å². The van der Waals surface area contributed by atoms with Gasteiger partial charge in [-0.15, -0.1) is 4.34 Å². The number of hydrogen-bond donors (Lipinski definition) is 2. The first-order valence-corrected chi connectivity index (χ1v) is 10.2. The monoisotopic (exact) mass is 468 g/mol. The lowest BCUT2D eigenvalue weighted by Crippen LogP contribution is -2.36. The van der Waals surface area contributed by atoms with Gasteiger partial charge in [-0.05, 0) is 6.07 Å². The van der Waals surface area contributed by atoms with Crippen molar-refractivity contribution in [1.82, 2.24) is 13.9 Å². The van der Waals surface area contributed by atoms with Crippen LogP contribution in [0.15, 0.2) is 35.8 Å². The highest BCUT2D eigenvalue weighted by atomic mass is 31.2. The van der Waals surface area contributed by atoms with Crippen LogP contribution >= 0.6 is 7.75 Å². The summed E-state index contributed by atoms with van der Waals surface area (Å²) < 4.78 is 68.5. The van der Waals surface area contributed by atoms with E-state index in [0.717, 1.165) is 8.90 Å². The molecule has 4 atom stereocenters. The average Bonchev–Trinajstić information content (AvgIpc) is 3.26. The number of rotatable bonds is 6. The third-order valence-electron chi connectivity index (χ3n) is 4.29. The number of esters is 1. The maximum Gasteiger partial charge on any atom is 0.525 e. The number of carbonyl (C=O) groups is 1. The quantitative estimate of drug-likeness (QED) is 0.336. The van der Waals surface area contributed by atoms with Gasteiger partial charge in [-0.2, -0.15) is 18.2 Å². The van der Waals surface area contributed by atoms with Crippen molar-refractivity contribution < 1.29 is 46.0 Å². The van der Waals surface area contributed by atoms with E-state index in [-0.39, 0.29) is 12.2 Å². The first kappa shape index (κ1) is 22.9. The number of nitrogens with two attached hydrogens (primary N) is 1. The Morgan fingerprint density at radius 3 is 2.77 bits per heavy atom. The molecule has 4 unspecified atom stereocenters. The van der Waals surface area contributed by atoms with Gasteiger partial charge in [-0.25, -0.2) is 18.7 Å². The first-order valence-electron chi connectivity index (χ1n) is 8.66. The topological polar surface area (TPSA) is 152 Å². The maximum absolute atomic E-state index is 12.6. The van der Waals surface area contributed by atoms with Gasteiger partial charge in [0.25, 0.3) is 6.33 Å². The third-order valence-corrected chi connectivity index (χ3v) is 5.59. The second-order valence-corrected chi connectivity index (χ2v) is 8.30. The van der Waals surface area contributed by atoms with Crippen molar-refractivity contribution in [2.75, 3.05) is 12.3 Å². The predicted molar refractivity (Wildman–Crippen MR) is 94.2 cm³/mol. The third kappa shape index (κ3) is 5.31. The van der Waals surface area contributed by atoms with Gasteiger partial charge in [0, 0.05) is 12.6 Å². The fourth-order valence-corrected chi connectivity index (χ4v) is 3.81. The van der Waals surface area contributed by atoms with Gasteiger partial charge in [-0.1, -0.05) is 0 Å². The molecule has 31 heavy (non-hydrogen) atoms. The second-order valence-electron chi connectivity index (χ2n) is 6.59. The van der Waals surface area contributed by atoms with E-state index in [0.29, 0.717) is 0 Å². The number of ether oxygens (including phenoxy) is 2. The van der Waals surface area contributed by atoms with Gasteiger partial charge in [-0.3, -0.25) is 14.0 Å². The normalized spacial score (nSPS) is 23.5. The number of nitrogen functional groups attached to an aromatic ring is 1. The molecule has 0 aromatic carbocycles. The van der Waals surface area contributed by atoms with Crippen molar-refractivity contribution in [1.29, 1.82) is 0 Å². The molecule has 170 valence electrons. The van der Waals surface area contributed by atoms with Crippen LogP contribution in [0.25, 0.3) is 0 Å². The van der Waals surface area contributed by atoms with E-state index in [1.165, 1.54) is 35.6 Å². The Morgan fingerprint density at radius 2 is 2.19 bits per heavy atom. The van der Waals surface area contributed by atoms with Gasteiger partial charge in [0.15, 0.2) is 0 Å². The highest BCUT2D eigenvalue weighted by Gasteiger charge is 2.47. The standard InChI is InChI=1S/C15H17F3N5O7P/c1-21-4-5-22(8-21)31(26,27)28-7-10-9(30-13(24)15(16,17)18)6-12(29-10)23-3-2-11(19)20-14(23)25/h2-5,8-10,12H,6-7H2,1H3,(H2-,19,20,25,26,27)/p+1. The Morgan fingerprint density at radius 1 is 1.48 bits per heavy atom. The van der Waals surface area contributed by atoms with Crippen molar-refractivity contribution in [2.24, 2.45) is 7.05 Å². The zero-order chi connectivity index (χ0) is 23.0. The lowest BCUT2D eigenvalue weighted by atomic mass is 10.2. The molecule has 1 aliphatic rings. The van der Waals surface area contributed by atoms with Crippen molar-refractivity contribution in [3.8, 4) is 0 Å². The number of aromatic nitrogens is 4. The number of hydrogen-bond acceptors (Lipinski definition) is 8. The van der Waals surface area contributed by atoms with E-state index >= 15 is 0 Å².